The number of benzene rings is 1. The first-order chi connectivity index (χ1) is 7.24. The van der Waals surface area contributed by atoms with E-state index in [1.807, 2.05) is 0 Å². The molecule has 0 bridgehead atoms. The molecule has 0 saturated heterocycles. The number of nitrogens with zero attached hydrogens (tertiary/aromatic N) is 1. The topological polar surface area (TPSA) is 69.4 Å². The highest BCUT2D eigenvalue weighted by Crippen LogP contribution is 2.12. The monoisotopic (exact) mass is 207 g/mol. The summed E-state index contributed by atoms with van der Waals surface area (Å²) in [5.74, 6) is 0. The first kappa shape index (κ1) is 10.9. The zero-order valence-corrected chi connectivity index (χ0v) is 7.83. The zero-order valence-electron chi connectivity index (χ0n) is 7.83. The van der Waals surface area contributed by atoms with Crippen molar-refractivity contribution in [3.63, 3.8) is 0 Å². The molecule has 0 amide bonds. The molecule has 5 nitrogen and oxygen atoms in total. The van der Waals surface area contributed by atoms with Crippen LogP contribution in [0.4, 0.5) is 5.69 Å². The SMILES string of the molecule is O=COCC=Cc1ccc([N+](=O)[O-])cc1. The van der Waals surface area contributed by atoms with Crippen molar-refractivity contribution in [1.82, 2.24) is 0 Å². The number of ether oxygens (including phenoxy) is 1. The Bertz CT molecular complexity index is 370. The smallest absolute Gasteiger partial charge is 0.293 e. The van der Waals surface area contributed by atoms with Gasteiger partial charge in [0, 0.05) is 12.1 Å². The predicted molar refractivity (Wildman–Crippen MR) is 54.1 cm³/mol. The maximum absolute atomic E-state index is 10.3. The van der Waals surface area contributed by atoms with Gasteiger partial charge in [0.2, 0.25) is 0 Å². The number of carbonyl (C=O) groups is 1. The van der Waals surface area contributed by atoms with Crippen molar-refractivity contribution in [3.8, 4) is 0 Å². The molecule has 0 aromatic heterocycles. The third-order valence-electron chi connectivity index (χ3n) is 1.67. The second-order valence-electron chi connectivity index (χ2n) is 2.68. The van der Waals surface area contributed by atoms with E-state index in [0.717, 1.165) is 5.56 Å². The summed E-state index contributed by atoms with van der Waals surface area (Å²) >= 11 is 0. The van der Waals surface area contributed by atoms with Crippen LogP contribution in [0.1, 0.15) is 5.56 Å². The second kappa shape index (κ2) is 5.54. The van der Waals surface area contributed by atoms with Gasteiger partial charge < -0.3 is 4.74 Å². The Hall–Kier alpha value is -2.17. The number of carbonyl (C=O) groups excluding carboxylic acids is 1. The zero-order chi connectivity index (χ0) is 11.1. The molecule has 0 aliphatic carbocycles. The third-order valence-corrected chi connectivity index (χ3v) is 1.67. The van der Waals surface area contributed by atoms with Crippen LogP contribution in [0.25, 0.3) is 6.08 Å². The van der Waals surface area contributed by atoms with Gasteiger partial charge in [-0.2, -0.15) is 0 Å². The van der Waals surface area contributed by atoms with Crippen LogP contribution >= 0.6 is 0 Å². The van der Waals surface area contributed by atoms with Crippen molar-refractivity contribution < 1.29 is 14.5 Å². The van der Waals surface area contributed by atoms with E-state index in [0.29, 0.717) is 6.47 Å². The minimum absolute atomic E-state index is 0.0521. The minimum Gasteiger partial charge on any atom is -0.464 e. The van der Waals surface area contributed by atoms with Crippen LogP contribution in [0.3, 0.4) is 0 Å². The van der Waals surface area contributed by atoms with Gasteiger partial charge in [-0.3, -0.25) is 14.9 Å². The average molecular weight is 207 g/mol. The number of nitro benzene ring substituents is 1. The minimum atomic E-state index is -0.455. The van der Waals surface area contributed by atoms with Crippen LogP contribution in [0.2, 0.25) is 0 Å². The molecule has 0 saturated carbocycles. The highest BCUT2D eigenvalue weighted by molar-refractivity contribution is 5.52. The van der Waals surface area contributed by atoms with Gasteiger partial charge in [0.25, 0.3) is 12.2 Å². The van der Waals surface area contributed by atoms with Gasteiger partial charge in [0.1, 0.15) is 6.61 Å². The van der Waals surface area contributed by atoms with E-state index in [1.165, 1.54) is 12.1 Å². The van der Waals surface area contributed by atoms with Crippen molar-refractivity contribution >= 4 is 18.2 Å². The molecule has 1 aromatic rings. The second-order valence-corrected chi connectivity index (χ2v) is 2.68. The van der Waals surface area contributed by atoms with Crippen LogP contribution in [0.5, 0.6) is 0 Å². The first-order valence-corrected chi connectivity index (χ1v) is 4.20. The first-order valence-electron chi connectivity index (χ1n) is 4.20. The molecular formula is C10H9NO4. The van der Waals surface area contributed by atoms with Crippen molar-refractivity contribution in [1.29, 1.82) is 0 Å². The fourth-order valence-corrected chi connectivity index (χ4v) is 0.986. The normalized spacial score (nSPS) is 10.1. The van der Waals surface area contributed by atoms with Crippen LogP contribution < -0.4 is 0 Å². The van der Waals surface area contributed by atoms with Gasteiger partial charge in [-0.15, -0.1) is 0 Å². The Kier molecular flexibility index (Phi) is 4.03. The van der Waals surface area contributed by atoms with Gasteiger partial charge in [-0.1, -0.05) is 6.08 Å². The largest absolute Gasteiger partial charge is 0.464 e. The van der Waals surface area contributed by atoms with Gasteiger partial charge in [-0.05, 0) is 23.8 Å². The Morgan fingerprint density at radius 3 is 2.53 bits per heavy atom. The summed E-state index contributed by atoms with van der Waals surface area (Å²) in [6.45, 7) is 0.556. The van der Waals surface area contributed by atoms with Crippen molar-refractivity contribution in [2.45, 2.75) is 0 Å². The van der Waals surface area contributed by atoms with Crippen molar-refractivity contribution in [2.24, 2.45) is 0 Å². The van der Waals surface area contributed by atoms with Crippen molar-refractivity contribution in [2.75, 3.05) is 6.61 Å². The number of hydrogen-bond acceptors (Lipinski definition) is 4. The molecule has 1 aromatic carbocycles. The molecule has 5 heteroatoms. The maximum atomic E-state index is 10.3. The molecule has 78 valence electrons. The summed E-state index contributed by atoms with van der Waals surface area (Å²) in [7, 11) is 0. The average Bonchev–Trinajstić information content (AvgIpc) is 2.25. The van der Waals surface area contributed by atoms with Crippen LogP contribution in [0.15, 0.2) is 30.3 Å². The van der Waals surface area contributed by atoms with Gasteiger partial charge in [-0.25, -0.2) is 0 Å². The fraction of sp³-hybridized carbons (Fsp3) is 0.100. The lowest BCUT2D eigenvalue weighted by Crippen LogP contribution is -1.87. The molecule has 15 heavy (non-hydrogen) atoms. The Morgan fingerprint density at radius 2 is 2.00 bits per heavy atom. The van der Waals surface area contributed by atoms with Crippen LogP contribution in [-0.2, 0) is 9.53 Å². The van der Waals surface area contributed by atoms with E-state index in [2.05, 4.69) is 4.74 Å². The van der Waals surface area contributed by atoms with E-state index in [-0.39, 0.29) is 12.3 Å². The molecule has 0 N–H and O–H groups in total. The van der Waals surface area contributed by atoms with E-state index in [1.54, 1.807) is 24.3 Å². The molecule has 0 spiro atoms. The maximum Gasteiger partial charge on any atom is 0.293 e. The van der Waals surface area contributed by atoms with Crippen molar-refractivity contribution in [3.05, 3.63) is 46.0 Å². The fourth-order valence-electron chi connectivity index (χ4n) is 0.986. The molecule has 0 heterocycles. The number of non-ortho nitro benzene ring substituents is 1. The summed E-state index contributed by atoms with van der Waals surface area (Å²) in [4.78, 5) is 19.7. The van der Waals surface area contributed by atoms with E-state index >= 15 is 0 Å². The Labute approximate surface area is 86.1 Å². The standard InChI is InChI=1S/C10H9NO4/c12-8-15-7-1-2-9-3-5-10(6-4-9)11(13)14/h1-6,8H,7H2. The van der Waals surface area contributed by atoms with E-state index in [4.69, 9.17) is 0 Å². The highest BCUT2D eigenvalue weighted by atomic mass is 16.6. The predicted octanol–water partition coefficient (Wildman–Crippen LogP) is 1.78. The molecule has 1 rings (SSSR count). The molecule has 0 radical (unpaired) electrons. The summed E-state index contributed by atoms with van der Waals surface area (Å²) in [5, 5.41) is 10.3. The van der Waals surface area contributed by atoms with Crippen LogP contribution in [0, 0.1) is 10.1 Å². The summed E-state index contributed by atoms with van der Waals surface area (Å²) in [6, 6.07) is 6.07. The molecule has 0 unspecified atom stereocenters. The quantitative estimate of drug-likeness (QED) is 0.319. The van der Waals surface area contributed by atoms with E-state index < -0.39 is 4.92 Å². The molecule has 0 atom stereocenters. The third kappa shape index (κ3) is 3.60. The summed E-state index contributed by atoms with van der Waals surface area (Å²) in [6.07, 6.45) is 3.36. The molecule has 0 aliphatic rings. The Balaban J connectivity index is 2.60. The Morgan fingerprint density at radius 1 is 1.33 bits per heavy atom. The lowest BCUT2D eigenvalue weighted by molar-refractivity contribution is -0.384. The lowest BCUT2D eigenvalue weighted by Gasteiger charge is -1.93. The van der Waals surface area contributed by atoms with E-state index in [9.17, 15) is 14.9 Å². The molecule has 0 aliphatic heterocycles. The van der Waals surface area contributed by atoms with Crippen LogP contribution in [-0.4, -0.2) is 18.0 Å². The number of hydrogen-bond donors (Lipinski definition) is 0. The van der Waals surface area contributed by atoms with Gasteiger partial charge in [0.15, 0.2) is 0 Å². The van der Waals surface area contributed by atoms with Gasteiger partial charge >= 0.3 is 0 Å². The van der Waals surface area contributed by atoms with Gasteiger partial charge in [0.05, 0.1) is 4.92 Å². The lowest BCUT2D eigenvalue weighted by atomic mass is 10.2. The highest BCUT2D eigenvalue weighted by Gasteiger charge is 2.01. The number of rotatable bonds is 5. The molecular weight excluding hydrogens is 198 g/mol. The number of nitro groups is 1. The summed E-state index contributed by atoms with van der Waals surface area (Å²) < 4.78 is 4.44. The molecule has 0 fully saturated rings. The summed E-state index contributed by atoms with van der Waals surface area (Å²) in [5.41, 5.74) is 0.867.